The Balaban J connectivity index is 1.56. The Morgan fingerprint density at radius 1 is 1.16 bits per heavy atom. The number of hydrogen-bond donors (Lipinski definition) is 0. The van der Waals surface area contributed by atoms with Crippen LogP contribution in [-0.2, 0) is 14.3 Å². The molecule has 0 amide bonds. The largest absolute Gasteiger partial charge is 0.352 e. The van der Waals surface area contributed by atoms with E-state index in [0.29, 0.717) is 30.3 Å². The van der Waals surface area contributed by atoms with Gasteiger partial charge in [-0.2, -0.15) is 0 Å². The fraction of sp³-hybridized carbons (Fsp3) is 0.864. The summed E-state index contributed by atoms with van der Waals surface area (Å²) in [5.74, 6) is 1.49. The molecular formula is C22H34O3. The highest BCUT2D eigenvalue weighted by Crippen LogP contribution is 2.63. The summed E-state index contributed by atoms with van der Waals surface area (Å²) in [6.07, 6.45) is 11.7. The van der Waals surface area contributed by atoms with Gasteiger partial charge in [0.2, 0.25) is 0 Å². The predicted molar refractivity (Wildman–Crippen MR) is 98.1 cm³/mol. The summed E-state index contributed by atoms with van der Waals surface area (Å²) < 4.78 is 12.9. The van der Waals surface area contributed by atoms with Gasteiger partial charge in [0.1, 0.15) is 6.29 Å². The number of fused-ring (bicyclic) bond motifs is 3. The van der Waals surface area contributed by atoms with Crippen LogP contribution < -0.4 is 0 Å². The molecule has 4 fully saturated rings. The van der Waals surface area contributed by atoms with E-state index in [1.807, 2.05) is 0 Å². The van der Waals surface area contributed by atoms with Crippen molar-refractivity contribution in [3.8, 4) is 0 Å². The first-order chi connectivity index (χ1) is 12.0. The van der Waals surface area contributed by atoms with Crippen LogP contribution in [0.25, 0.3) is 0 Å². The molecule has 1 saturated heterocycles. The van der Waals surface area contributed by atoms with Gasteiger partial charge in [-0.1, -0.05) is 38.8 Å². The van der Waals surface area contributed by atoms with Gasteiger partial charge in [-0.3, -0.25) is 0 Å². The Labute approximate surface area is 152 Å². The van der Waals surface area contributed by atoms with Crippen LogP contribution in [0.2, 0.25) is 0 Å². The van der Waals surface area contributed by atoms with Crippen molar-refractivity contribution in [2.24, 2.45) is 28.6 Å². The van der Waals surface area contributed by atoms with Crippen molar-refractivity contribution in [1.29, 1.82) is 0 Å². The molecule has 0 bridgehead atoms. The minimum atomic E-state index is 0.0225. The maximum atomic E-state index is 11.3. The third-order valence-electron chi connectivity index (χ3n) is 8.29. The van der Waals surface area contributed by atoms with Gasteiger partial charge >= 0.3 is 0 Å². The number of ether oxygens (including phenoxy) is 2. The molecule has 3 aliphatic carbocycles. The zero-order chi connectivity index (χ0) is 17.7. The summed E-state index contributed by atoms with van der Waals surface area (Å²) in [4.78, 5) is 11.3. The molecule has 3 nitrogen and oxygen atoms in total. The molecular weight excluding hydrogens is 312 g/mol. The number of carbonyl (C=O) groups excluding carboxylic acids is 1. The molecule has 0 aromatic heterocycles. The van der Waals surface area contributed by atoms with Gasteiger partial charge < -0.3 is 14.3 Å². The van der Waals surface area contributed by atoms with E-state index >= 15 is 0 Å². The Hall–Kier alpha value is -0.670. The zero-order valence-corrected chi connectivity index (χ0v) is 16.0. The quantitative estimate of drug-likeness (QED) is 0.539. The van der Waals surface area contributed by atoms with Gasteiger partial charge in [-0.05, 0) is 55.8 Å². The van der Waals surface area contributed by atoms with Crippen LogP contribution in [0.1, 0.15) is 71.6 Å². The van der Waals surface area contributed by atoms with Gasteiger partial charge in [0.25, 0.3) is 0 Å². The van der Waals surface area contributed by atoms with Gasteiger partial charge in [-0.25, -0.2) is 0 Å². The summed E-state index contributed by atoms with van der Waals surface area (Å²) in [5.41, 5.74) is 1.52. The molecule has 3 unspecified atom stereocenters. The fourth-order valence-corrected chi connectivity index (χ4v) is 6.86. The Morgan fingerprint density at radius 2 is 1.92 bits per heavy atom. The van der Waals surface area contributed by atoms with E-state index in [0.717, 1.165) is 32.2 Å². The van der Waals surface area contributed by atoms with Crippen LogP contribution >= 0.6 is 0 Å². The second-order valence-corrected chi connectivity index (χ2v) is 9.60. The first-order valence-corrected chi connectivity index (χ1v) is 10.4. The summed E-state index contributed by atoms with van der Waals surface area (Å²) in [6, 6.07) is 0. The van der Waals surface area contributed by atoms with Crippen molar-refractivity contribution in [2.45, 2.75) is 84.0 Å². The molecule has 1 heterocycles. The summed E-state index contributed by atoms with van der Waals surface area (Å²) in [5, 5.41) is 0. The maximum Gasteiger partial charge on any atom is 0.160 e. The zero-order valence-electron chi connectivity index (χ0n) is 16.0. The SMILES string of the molecule is C=C1CCC2C(C)(CC[C@H]3OC(C4CCCC4)OC[C@@]23C)[C@@H]1CC=O. The van der Waals surface area contributed by atoms with Gasteiger partial charge in [0, 0.05) is 17.8 Å². The summed E-state index contributed by atoms with van der Waals surface area (Å²) in [6.45, 7) is 9.93. The smallest absolute Gasteiger partial charge is 0.160 e. The number of hydrogen-bond acceptors (Lipinski definition) is 3. The Bertz CT molecular complexity index is 537. The number of carbonyl (C=O) groups is 1. The molecule has 0 N–H and O–H groups in total. The molecule has 0 spiro atoms. The van der Waals surface area contributed by atoms with E-state index in [1.54, 1.807) is 0 Å². The second-order valence-electron chi connectivity index (χ2n) is 9.60. The molecule has 3 heteroatoms. The lowest BCUT2D eigenvalue weighted by Crippen LogP contribution is -2.61. The molecule has 6 atom stereocenters. The molecule has 140 valence electrons. The predicted octanol–water partition coefficient (Wildman–Crippen LogP) is 4.90. The molecule has 0 aromatic carbocycles. The number of allylic oxidation sites excluding steroid dienone is 1. The minimum absolute atomic E-state index is 0.0225. The van der Waals surface area contributed by atoms with Crippen molar-refractivity contribution < 1.29 is 14.3 Å². The number of rotatable bonds is 3. The highest BCUT2D eigenvalue weighted by Gasteiger charge is 2.60. The van der Waals surface area contributed by atoms with Gasteiger partial charge in [-0.15, -0.1) is 0 Å². The maximum absolute atomic E-state index is 11.3. The molecule has 1 aliphatic heterocycles. The third-order valence-corrected chi connectivity index (χ3v) is 8.29. The first kappa shape index (κ1) is 17.7. The first-order valence-electron chi connectivity index (χ1n) is 10.4. The topological polar surface area (TPSA) is 35.5 Å². The highest BCUT2D eigenvalue weighted by molar-refractivity contribution is 5.51. The fourth-order valence-electron chi connectivity index (χ4n) is 6.86. The molecule has 25 heavy (non-hydrogen) atoms. The van der Waals surface area contributed by atoms with Crippen molar-refractivity contribution in [1.82, 2.24) is 0 Å². The molecule has 4 aliphatic rings. The lowest BCUT2D eigenvalue weighted by Gasteiger charge is -2.62. The van der Waals surface area contributed by atoms with E-state index in [1.165, 1.54) is 37.7 Å². The molecule has 0 aromatic rings. The highest BCUT2D eigenvalue weighted by atomic mass is 16.7. The summed E-state index contributed by atoms with van der Waals surface area (Å²) >= 11 is 0. The monoisotopic (exact) mass is 346 g/mol. The van der Waals surface area contributed by atoms with Gasteiger partial charge in [0.15, 0.2) is 6.29 Å². The molecule has 0 radical (unpaired) electrons. The van der Waals surface area contributed by atoms with E-state index < -0.39 is 0 Å². The molecule has 3 saturated carbocycles. The van der Waals surface area contributed by atoms with Crippen LogP contribution in [0, 0.1) is 28.6 Å². The van der Waals surface area contributed by atoms with Crippen LogP contribution in [0.5, 0.6) is 0 Å². The Kier molecular flexibility index (Phi) is 4.60. The van der Waals surface area contributed by atoms with E-state index in [4.69, 9.17) is 9.47 Å². The van der Waals surface area contributed by atoms with E-state index in [9.17, 15) is 4.79 Å². The minimum Gasteiger partial charge on any atom is -0.352 e. The van der Waals surface area contributed by atoms with Crippen molar-refractivity contribution in [3.63, 3.8) is 0 Å². The number of aldehydes is 1. The molecule has 4 rings (SSSR count). The average molecular weight is 347 g/mol. The van der Waals surface area contributed by atoms with Crippen molar-refractivity contribution in [3.05, 3.63) is 12.2 Å². The third kappa shape index (κ3) is 2.73. The van der Waals surface area contributed by atoms with Crippen LogP contribution in [-0.4, -0.2) is 25.3 Å². The van der Waals surface area contributed by atoms with Crippen LogP contribution in [0.4, 0.5) is 0 Å². The normalized spacial score (nSPS) is 48.0. The summed E-state index contributed by atoms with van der Waals surface area (Å²) in [7, 11) is 0. The van der Waals surface area contributed by atoms with Crippen LogP contribution in [0.3, 0.4) is 0 Å². The standard InChI is InChI=1S/C22H34O3/c1-15-8-9-18-21(2,17(15)11-13-23)12-10-19-22(18,3)14-24-20(25-19)16-6-4-5-7-16/h13,16-20H,1,4-12,14H2,2-3H3/t17-,18?,19-,20?,21?,22+/m1/s1. The second kappa shape index (κ2) is 6.49. The van der Waals surface area contributed by atoms with Gasteiger partial charge in [0.05, 0.1) is 12.7 Å². The van der Waals surface area contributed by atoms with E-state index in [-0.39, 0.29) is 17.1 Å². The van der Waals surface area contributed by atoms with Crippen molar-refractivity contribution in [2.75, 3.05) is 6.61 Å². The average Bonchev–Trinajstić information content (AvgIpc) is 3.12. The van der Waals surface area contributed by atoms with Crippen LogP contribution in [0.15, 0.2) is 12.2 Å². The Morgan fingerprint density at radius 3 is 2.64 bits per heavy atom. The lowest BCUT2D eigenvalue weighted by molar-refractivity contribution is -0.315. The lowest BCUT2D eigenvalue weighted by atomic mass is 9.46. The van der Waals surface area contributed by atoms with Crippen molar-refractivity contribution >= 4 is 6.29 Å². The van der Waals surface area contributed by atoms with E-state index in [2.05, 4.69) is 20.4 Å².